The van der Waals surface area contributed by atoms with Crippen molar-refractivity contribution in [1.82, 2.24) is 4.98 Å². The number of carboxylic acid groups (broad SMARTS) is 1. The second-order valence-corrected chi connectivity index (χ2v) is 4.93. The highest BCUT2D eigenvalue weighted by atomic mass is 19.4. The van der Waals surface area contributed by atoms with Gasteiger partial charge < -0.3 is 14.7 Å². The zero-order valence-corrected chi connectivity index (χ0v) is 12.7. The molecule has 2 heterocycles. The third-order valence-corrected chi connectivity index (χ3v) is 2.97. The zero-order valence-electron chi connectivity index (χ0n) is 12.7. The summed E-state index contributed by atoms with van der Waals surface area (Å²) in [6.45, 7) is 1.79. The van der Waals surface area contributed by atoms with E-state index < -0.39 is 30.2 Å². The molecule has 134 valence electrons. The van der Waals surface area contributed by atoms with Crippen molar-refractivity contribution in [2.45, 2.75) is 32.0 Å². The molecule has 0 amide bonds. The van der Waals surface area contributed by atoms with Gasteiger partial charge in [0.15, 0.2) is 0 Å². The van der Waals surface area contributed by atoms with Crippen LogP contribution in [0.25, 0.3) is 0 Å². The summed E-state index contributed by atoms with van der Waals surface area (Å²) in [6, 6.07) is 4.33. The fourth-order valence-corrected chi connectivity index (χ4v) is 1.99. The number of hydrogen-bond acceptors (Lipinski definition) is 5. The van der Waals surface area contributed by atoms with E-state index in [0.29, 0.717) is 18.9 Å². The van der Waals surface area contributed by atoms with Gasteiger partial charge in [0.25, 0.3) is 5.97 Å². The smallest absolute Gasteiger partial charge is 0.481 e. The molecule has 0 unspecified atom stereocenters. The Morgan fingerprint density at radius 3 is 2.29 bits per heavy atom. The molecule has 1 aliphatic heterocycles. The number of halogens is 4. The van der Waals surface area contributed by atoms with E-state index in [1.807, 2.05) is 0 Å². The maximum absolute atomic E-state index is 13.0. The predicted octanol–water partition coefficient (Wildman–Crippen LogP) is 2.39. The topological polar surface area (TPSA) is 79.7 Å². The summed E-state index contributed by atoms with van der Waals surface area (Å²) in [5.41, 5.74) is 0. The van der Waals surface area contributed by atoms with Crippen LogP contribution in [0.5, 0.6) is 0 Å². The van der Waals surface area contributed by atoms with Gasteiger partial charge in [-0.25, -0.2) is 9.78 Å². The van der Waals surface area contributed by atoms with E-state index in [-0.39, 0.29) is 12.8 Å². The van der Waals surface area contributed by atoms with Crippen molar-refractivity contribution < 1.29 is 37.0 Å². The quantitative estimate of drug-likeness (QED) is 0.500. The summed E-state index contributed by atoms with van der Waals surface area (Å²) < 4.78 is 53.5. The lowest BCUT2D eigenvalue weighted by atomic mass is 10.1. The molecule has 1 aromatic rings. The molecule has 0 bridgehead atoms. The number of esters is 1. The van der Waals surface area contributed by atoms with E-state index in [0.717, 1.165) is 6.92 Å². The molecule has 0 saturated carbocycles. The summed E-state index contributed by atoms with van der Waals surface area (Å²) in [4.78, 5) is 25.1. The molecule has 1 saturated heterocycles. The summed E-state index contributed by atoms with van der Waals surface area (Å²) in [7, 11) is 0. The molecular weight excluding hydrogens is 336 g/mol. The lowest BCUT2D eigenvalue weighted by Gasteiger charge is -2.32. The van der Waals surface area contributed by atoms with Crippen molar-refractivity contribution in [3.8, 4) is 0 Å². The number of carbonyl (C=O) groups excluding carboxylic acids is 1. The molecule has 1 fully saturated rings. The van der Waals surface area contributed by atoms with Crippen LogP contribution in [-0.2, 0) is 14.3 Å². The second kappa shape index (κ2) is 8.46. The molecule has 0 spiro atoms. The minimum absolute atomic E-state index is 0.250. The summed E-state index contributed by atoms with van der Waals surface area (Å²) in [6.07, 6.45) is -5.24. The van der Waals surface area contributed by atoms with Crippen molar-refractivity contribution in [1.29, 1.82) is 0 Å². The molecule has 0 atom stereocenters. The maximum atomic E-state index is 13.0. The van der Waals surface area contributed by atoms with Gasteiger partial charge in [0.05, 0.1) is 0 Å². The first-order valence-corrected chi connectivity index (χ1v) is 6.94. The van der Waals surface area contributed by atoms with Crippen LogP contribution >= 0.6 is 0 Å². The normalized spacial score (nSPS) is 15.3. The average molecular weight is 352 g/mol. The number of carboxylic acids is 1. The first-order valence-electron chi connectivity index (χ1n) is 6.94. The predicted molar refractivity (Wildman–Crippen MR) is 74.9 cm³/mol. The molecule has 1 N–H and O–H groups in total. The SMILES string of the molecule is CC(=O)O.O=C(OC1CCN(c2cccc(F)n2)CC1)C(F)(F)F. The number of nitrogens with zero attached hydrogens (tertiary/aromatic N) is 2. The monoisotopic (exact) mass is 352 g/mol. The fourth-order valence-electron chi connectivity index (χ4n) is 1.99. The molecule has 0 aromatic carbocycles. The highest BCUT2D eigenvalue weighted by molar-refractivity contribution is 5.75. The third-order valence-electron chi connectivity index (χ3n) is 2.97. The van der Waals surface area contributed by atoms with Crippen LogP contribution < -0.4 is 4.90 Å². The molecule has 10 heteroatoms. The summed E-state index contributed by atoms with van der Waals surface area (Å²) in [5, 5.41) is 7.42. The van der Waals surface area contributed by atoms with E-state index in [4.69, 9.17) is 9.90 Å². The molecule has 24 heavy (non-hydrogen) atoms. The van der Waals surface area contributed by atoms with Crippen LogP contribution in [0.4, 0.5) is 23.4 Å². The Morgan fingerprint density at radius 1 is 1.29 bits per heavy atom. The number of aromatic nitrogens is 1. The maximum Gasteiger partial charge on any atom is 0.490 e. The fraction of sp³-hybridized carbons (Fsp3) is 0.500. The van der Waals surface area contributed by atoms with Gasteiger partial charge in [-0.3, -0.25) is 4.79 Å². The number of alkyl halides is 3. The number of hydrogen-bond donors (Lipinski definition) is 1. The van der Waals surface area contributed by atoms with Crippen molar-refractivity contribution >= 4 is 17.8 Å². The van der Waals surface area contributed by atoms with Gasteiger partial charge in [-0.1, -0.05) is 6.07 Å². The number of ether oxygens (including phenoxy) is 1. The molecule has 1 aliphatic rings. The lowest BCUT2D eigenvalue weighted by molar-refractivity contribution is -0.205. The molecule has 2 rings (SSSR count). The van der Waals surface area contributed by atoms with Gasteiger partial charge in [0.2, 0.25) is 5.95 Å². The molecule has 6 nitrogen and oxygen atoms in total. The molecule has 1 aromatic heterocycles. The molecule has 0 radical (unpaired) electrons. The van der Waals surface area contributed by atoms with Gasteiger partial charge in [-0.2, -0.15) is 17.6 Å². The highest BCUT2D eigenvalue weighted by Crippen LogP contribution is 2.23. The Morgan fingerprint density at radius 2 is 1.83 bits per heavy atom. The average Bonchev–Trinajstić information content (AvgIpc) is 2.46. The van der Waals surface area contributed by atoms with E-state index in [2.05, 4.69) is 9.72 Å². The van der Waals surface area contributed by atoms with E-state index in [1.165, 1.54) is 12.1 Å². The van der Waals surface area contributed by atoms with Crippen LogP contribution in [0.3, 0.4) is 0 Å². The largest absolute Gasteiger partial charge is 0.490 e. The Balaban J connectivity index is 0.000000648. The minimum Gasteiger partial charge on any atom is -0.481 e. The first kappa shape index (κ1) is 19.7. The third kappa shape index (κ3) is 6.80. The van der Waals surface area contributed by atoms with Crippen LogP contribution in [0.1, 0.15) is 19.8 Å². The standard InChI is InChI=1S/C12H12F4N2O2.C2H4O2/c13-9-2-1-3-10(17-9)18-6-4-8(5-7-18)20-11(19)12(14,15)16;1-2(3)4/h1-3,8H,4-7H2;1H3,(H,3,4). The molecule has 0 aliphatic carbocycles. The van der Waals surface area contributed by atoms with Gasteiger partial charge >= 0.3 is 12.1 Å². The van der Waals surface area contributed by atoms with Crippen LogP contribution in [0.2, 0.25) is 0 Å². The van der Waals surface area contributed by atoms with E-state index in [9.17, 15) is 22.4 Å². The number of rotatable bonds is 2. The Kier molecular flexibility index (Phi) is 6.93. The van der Waals surface area contributed by atoms with Crippen LogP contribution in [-0.4, -0.2) is 47.4 Å². The van der Waals surface area contributed by atoms with Crippen molar-refractivity contribution in [3.05, 3.63) is 24.1 Å². The Labute approximate surface area is 135 Å². The van der Waals surface area contributed by atoms with Crippen molar-refractivity contribution in [2.75, 3.05) is 18.0 Å². The van der Waals surface area contributed by atoms with Gasteiger partial charge in [-0.15, -0.1) is 0 Å². The first-order chi connectivity index (χ1) is 11.1. The van der Waals surface area contributed by atoms with Gasteiger partial charge in [0.1, 0.15) is 11.9 Å². The second-order valence-electron chi connectivity index (χ2n) is 4.93. The number of carbonyl (C=O) groups is 2. The van der Waals surface area contributed by atoms with E-state index >= 15 is 0 Å². The summed E-state index contributed by atoms with van der Waals surface area (Å²) >= 11 is 0. The zero-order chi connectivity index (χ0) is 18.3. The van der Waals surface area contributed by atoms with Crippen LogP contribution in [0, 0.1) is 5.95 Å². The van der Waals surface area contributed by atoms with Gasteiger partial charge in [0, 0.05) is 32.9 Å². The summed E-state index contributed by atoms with van der Waals surface area (Å²) in [5.74, 6) is -3.20. The number of pyridine rings is 1. The van der Waals surface area contributed by atoms with E-state index in [1.54, 1.807) is 11.0 Å². The minimum atomic E-state index is -4.97. The Hall–Kier alpha value is -2.39. The number of piperidine rings is 1. The number of aliphatic carboxylic acids is 1. The number of anilines is 1. The highest BCUT2D eigenvalue weighted by Gasteiger charge is 2.42. The Bertz CT molecular complexity index is 568. The van der Waals surface area contributed by atoms with Gasteiger partial charge in [-0.05, 0) is 12.1 Å². The molecular formula is C14H16F4N2O4. The van der Waals surface area contributed by atoms with Crippen molar-refractivity contribution in [2.24, 2.45) is 0 Å². The van der Waals surface area contributed by atoms with Crippen molar-refractivity contribution in [3.63, 3.8) is 0 Å². The lowest BCUT2D eigenvalue weighted by Crippen LogP contribution is -2.40. The van der Waals surface area contributed by atoms with Crippen LogP contribution in [0.15, 0.2) is 18.2 Å².